The minimum atomic E-state index is -0.797. The van der Waals surface area contributed by atoms with Crippen LogP contribution in [0.2, 0.25) is 0 Å². The van der Waals surface area contributed by atoms with Crippen LogP contribution < -0.4 is 11.1 Å². The number of nitrogens with two attached hydrogens (primary N) is 1. The second-order valence-corrected chi connectivity index (χ2v) is 6.41. The molecule has 136 valence electrons. The predicted molar refractivity (Wildman–Crippen MR) is 98.1 cm³/mol. The van der Waals surface area contributed by atoms with Crippen molar-refractivity contribution in [2.24, 2.45) is 5.73 Å². The number of hydrogen-bond acceptors (Lipinski definition) is 6. The molecule has 0 aromatic heterocycles. The summed E-state index contributed by atoms with van der Waals surface area (Å²) in [4.78, 5) is 35.6. The van der Waals surface area contributed by atoms with Gasteiger partial charge in [0.05, 0.1) is 11.4 Å². The number of esters is 1. The number of primary amides is 1. The number of para-hydroxylation sites is 1. The molecule has 0 saturated carbocycles. The molecule has 0 bridgehead atoms. The molecule has 0 heterocycles. The number of amides is 2. The van der Waals surface area contributed by atoms with E-state index in [9.17, 15) is 19.5 Å². The van der Waals surface area contributed by atoms with Gasteiger partial charge in [-0.2, -0.15) is 0 Å². The first-order valence-electron chi connectivity index (χ1n) is 7.63. The molecule has 2 amide bonds. The lowest BCUT2D eigenvalue weighted by molar-refractivity contribution is -0.119. The van der Waals surface area contributed by atoms with Gasteiger partial charge in [-0.1, -0.05) is 18.2 Å². The molecule has 2 rings (SSSR count). The van der Waals surface area contributed by atoms with E-state index in [1.165, 1.54) is 23.9 Å². The van der Waals surface area contributed by atoms with Crippen molar-refractivity contribution in [1.29, 1.82) is 0 Å². The summed E-state index contributed by atoms with van der Waals surface area (Å²) in [5, 5.41) is 12.4. The Labute approximate surface area is 154 Å². The van der Waals surface area contributed by atoms with Gasteiger partial charge in [-0.3, -0.25) is 9.59 Å². The van der Waals surface area contributed by atoms with Gasteiger partial charge in [0.15, 0.2) is 6.61 Å². The maximum atomic E-state index is 12.0. The van der Waals surface area contributed by atoms with Crippen molar-refractivity contribution in [3.05, 3.63) is 53.6 Å². The van der Waals surface area contributed by atoms with Crippen LogP contribution in [0.15, 0.2) is 47.4 Å². The Kier molecular flexibility index (Phi) is 6.62. The molecule has 0 atom stereocenters. The molecule has 7 nitrogen and oxygen atoms in total. The number of aromatic hydroxyl groups is 1. The lowest BCUT2D eigenvalue weighted by Gasteiger charge is -2.11. The number of aryl methyl sites for hydroxylation is 1. The first-order valence-corrected chi connectivity index (χ1v) is 8.62. The molecule has 0 saturated heterocycles. The van der Waals surface area contributed by atoms with Crippen molar-refractivity contribution in [2.45, 2.75) is 11.8 Å². The van der Waals surface area contributed by atoms with Gasteiger partial charge in [-0.25, -0.2) is 4.79 Å². The third kappa shape index (κ3) is 5.52. The predicted octanol–water partition coefficient (Wildman–Crippen LogP) is 2.07. The number of nitrogens with one attached hydrogen (secondary N) is 1. The van der Waals surface area contributed by atoms with Crippen molar-refractivity contribution in [2.75, 3.05) is 17.7 Å². The number of phenolic OH excluding ortho intramolecular Hbond substituents is 1. The Morgan fingerprint density at radius 3 is 2.62 bits per heavy atom. The number of thioether (sulfide) groups is 1. The number of phenols is 1. The van der Waals surface area contributed by atoms with Gasteiger partial charge in [0, 0.05) is 4.90 Å². The van der Waals surface area contributed by atoms with Crippen LogP contribution in [0.4, 0.5) is 5.69 Å². The summed E-state index contributed by atoms with van der Waals surface area (Å²) in [6.45, 7) is 1.26. The Morgan fingerprint density at radius 2 is 1.92 bits per heavy atom. The molecule has 0 aliphatic heterocycles. The minimum absolute atomic E-state index is 0.0131. The topological polar surface area (TPSA) is 119 Å². The van der Waals surface area contributed by atoms with Crippen molar-refractivity contribution >= 4 is 35.2 Å². The molecule has 0 aliphatic carbocycles. The summed E-state index contributed by atoms with van der Waals surface area (Å²) < 4.78 is 4.93. The van der Waals surface area contributed by atoms with Gasteiger partial charge in [-0.15, -0.1) is 11.8 Å². The number of hydrogen-bond donors (Lipinski definition) is 3. The van der Waals surface area contributed by atoms with Crippen LogP contribution in [0.3, 0.4) is 0 Å². The number of carbonyl (C=O) groups excluding carboxylic acids is 3. The zero-order valence-corrected chi connectivity index (χ0v) is 14.8. The summed E-state index contributed by atoms with van der Waals surface area (Å²) >= 11 is 1.19. The summed E-state index contributed by atoms with van der Waals surface area (Å²) in [6, 6.07) is 11.4. The highest BCUT2D eigenvalue weighted by Gasteiger charge is 2.15. The fourth-order valence-corrected chi connectivity index (χ4v) is 2.80. The first kappa shape index (κ1) is 19.3. The fourth-order valence-electron chi connectivity index (χ4n) is 2.05. The second kappa shape index (κ2) is 8.91. The van der Waals surface area contributed by atoms with Gasteiger partial charge >= 0.3 is 5.97 Å². The largest absolute Gasteiger partial charge is 0.507 e. The zero-order valence-electron chi connectivity index (χ0n) is 14.0. The van der Waals surface area contributed by atoms with Crippen LogP contribution >= 0.6 is 11.8 Å². The summed E-state index contributed by atoms with van der Waals surface area (Å²) in [7, 11) is 0. The highest BCUT2D eigenvalue weighted by Crippen LogP contribution is 2.26. The van der Waals surface area contributed by atoms with E-state index in [1.54, 1.807) is 37.3 Å². The van der Waals surface area contributed by atoms with E-state index in [2.05, 4.69) is 5.32 Å². The third-order valence-electron chi connectivity index (χ3n) is 3.24. The van der Waals surface area contributed by atoms with E-state index in [0.29, 0.717) is 10.6 Å². The van der Waals surface area contributed by atoms with Crippen molar-refractivity contribution < 1.29 is 24.2 Å². The van der Waals surface area contributed by atoms with Gasteiger partial charge in [-0.05, 0) is 36.8 Å². The second-order valence-electron chi connectivity index (χ2n) is 5.40. The molecule has 4 N–H and O–H groups in total. The molecular formula is C18H18N2O5S. The van der Waals surface area contributed by atoms with Gasteiger partial charge in [0.1, 0.15) is 11.3 Å². The highest BCUT2D eigenvalue weighted by molar-refractivity contribution is 8.00. The van der Waals surface area contributed by atoms with Gasteiger partial charge in [0.25, 0.3) is 5.91 Å². The Morgan fingerprint density at radius 1 is 1.19 bits per heavy atom. The van der Waals surface area contributed by atoms with Crippen LogP contribution in [-0.4, -0.2) is 35.2 Å². The maximum Gasteiger partial charge on any atom is 0.342 e. The lowest BCUT2D eigenvalue weighted by atomic mass is 10.1. The van der Waals surface area contributed by atoms with Crippen LogP contribution in [0.25, 0.3) is 0 Å². The van der Waals surface area contributed by atoms with Crippen molar-refractivity contribution in [1.82, 2.24) is 0 Å². The SMILES string of the molecule is Cc1ccc(C(=O)OCC(=O)Nc2ccccc2SCC(N)=O)c(O)c1. The van der Waals surface area contributed by atoms with Crippen LogP contribution in [0.1, 0.15) is 15.9 Å². The highest BCUT2D eigenvalue weighted by atomic mass is 32.2. The zero-order chi connectivity index (χ0) is 19.1. The van der Waals surface area contributed by atoms with E-state index < -0.39 is 24.4 Å². The molecule has 0 radical (unpaired) electrons. The molecule has 0 unspecified atom stereocenters. The Hall–Kier alpha value is -3.00. The molecule has 8 heteroatoms. The van der Waals surface area contributed by atoms with Gasteiger partial charge in [0.2, 0.25) is 5.91 Å². The van der Waals surface area contributed by atoms with Crippen LogP contribution in [0, 0.1) is 6.92 Å². The smallest absolute Gasteiger partial charge is 0.342 e. The minimum Gasteiger partial charge on any atom is -0.507 e. The first-order chi connectivity index (χ1) is 12.4. The Balaban J connectivity index is 1.95. The molecule has 0 spiro atoms. The normalized spacial score (nSPS) is 10.2. The average molecular weight is 374 g/mol. The quantitative estimate of drug-likeness (QED) is 0.504. The monoisotopic (exact) mass is 374 g/mol. The van der Waals surface area contributed by atoms with Gasteiger partial charge < -0.3 is 20.9 Å². The summed E-state index contributed by atoms with van der Waals surface area (Å²) in [5.74, 6) is -1.94. The molecule has 0 aliphatic rings. The summed E-state index contributed by atoms with van der Waals surface area (Å²) in [6.07, 6.45) is 0. The van der Waals surface area contributed by atoms with E-state index in [4.69, 9.17) is 10.5 Å². The number of benzene rings is 2. The summed E-state index contributed by atoms with van der Waals surface area (Å²) in [5.41, 5.74) is 6.39. The molecule has 26 heavy (non-hydrogen) atoms. The standard InChI is InChI=1S/C18H18N2O5S/c1-11-6-7-12(14(21)8-11)18(24)25-9-17(23)20-13-4-2-3-5-15(13)26-10-16(19)22/h2-8,21H,9-10H2,1H3,(H2,19,22)(H,20,23). The number of anilines is 1. The van der Waals surface area contributed by atoms with Crippen LogP contribution in [-0.2, 0) is 14.3 Å². The van der Waals surface area contributed by atoms with Crippen LogP contribution in [0.5, 0.6) is 5.75 Å². The maximum absolute atomic E-state index is 12.0. The number of carbonyl (C=O) groups is 3. The van der Waals surface area contributed by atoms with Crippen molar-refractivity contribution in [3.8, 4) is 5.75 Å². The molecule has 2 aromatic rings. The Bertz CT molecular complexity index is 838. The fraction of sp³-hybridized carbons (Fsp3) is 0.167. The lowest BCUT2D eigenvalue weighted by Crippen LogP contribution is -2.21. The molecule has 0 fully saturated rings. The number of rotatable bonds is 7. The van der Waals surface area contributed by atoms with E-state index >= 15 is 0 Å². The third-order valence-corrected chi connectivity index (χ3v) is 4.33. The molecular weight excluding hydrogens is 356 g/mol. The van der Waals surface area contributed by atoms with E-state index in [-0.39, 0.29) is 17.1 Å². The van der Waals surface area contributed by atoms with E-state index in [0.717, 1.165) is 5.56 Å². The average Bonchev–Trinajstić information content (AvgIpc) is 2.59. The number of ether oxygens (including phenoxy) is 1. The van der Waals surface area contributed by atoms with Crippen molar-refractivity contribution in [3.63, 3.8) is 0 Å². The molecule has 2 aromatic carbocycles. The van der Waals surface area contributed by atoms with E-state index in [1.807, 2.05) is 0 Å².